The maximum atomic E-state index is 12.0. The molecule has 0 heterocycles. The van der Waals surface area contributed by atoms with Crippen LogP contribution in [0.4, 0.5) is 5.69 Å². The van der Waals surface area contributed by atoms with E-state index in [1.165, 1.54) is 0 Å². The number of rotatable bonds is 4. The first-order valence-corrected chi connectivity index (χ1v) is 6.85. The van der Waals surface area contributed by atoms with E-state index in [1.807, 2.05) is 19.1 Å². The monoisotopic (exact) mass is 305 g/mol. The Hall–Kier alpha value is -1.88. The summed E-state index contributed by atoms with van der Waals surface area (Å²) in [4.78, 5) is 12.0. The fourth-order valence-corrected chi connectivity index (χ4v) is 2.11. The number of hydrogen-bond acceptors (Lipinski definition) is 3. The molecule has 4 nitrogen and oxygen atoms in total. The van der Waals surface area contributed by atoms with Gasteiger partial charge in [0.1, 0.15) is 6.10 Å². The van der Waals surface area contributed by atoms with Crippen molar-refractivity contribution in [2.75, 3.05) is 5.32 Å². The summed E-state index contributed by atoms with van der Waals surface area (Å²) >= 11 is 5.76. The predicted molar refractivity (Wildman–Crippen MR) is 82.2 cm³/mol. The Balaban J connectivity index is 2.08. The normalized spacial score (nSPS) is 13.5. The van der Waals surface area contributed by atoms with E-state index < -0.39 is 18.1 Å². The van der Waals surface area contributed by atoms with E-state index in [2.05, 4.69) is 5.32 Å². The minimum atomic E-state index is -1.55. The van der Waals surface area contributed by atoms with Gasteiger partial charge in [-0.2, -0.15) is 0 Å². The summed E-state index contributed by atoms with van der Waals surface area (Å²) in [5.74, 6) is -0.673. The van der Waals surface area contributed by atoms with Gasteiger partial charge in [-0.25, -0.2) is 0 Å². The Bertz CT molecular complexity index is 628. The minimum Gasteiger partial charge on any atom is -0.385 e. The third-order valence-electron chi connectivity index (χ3n) is 3.19. The van der Waals surface area contributed by atoms with Gasteiger partial charge in [-0.15, -0.1) is 0 Å². The van der Waals surface area contributed by atoms with E-state index in [4.69, 9.17) is 11.6 Å². The second kappa shape index (κ2) is 6.72. The van der Waals surface area contributed by atoms with Crippen molar-refractivity contribution in [1.82, 2.24) is 0 Å². The zero-order valence-electron chi connectivity index (χ0n) is 11.5. The Morgan fingerprint density at radius 3 is 2.33 bits per heavy atom. The number of aryl methyl sites for hydroxylation is 1. The van der Waals surface area contributed by atoms with E-state index in [0.29, 0.717) is 16.3 Å². The van der Waals surface area contributed by atoms with Crippen LogP contribution in [-0.2, 0) is 4.79 Å². The minimum absolute atomic E-state index is 0.500. The molecule has 2 aromatic carbocycles. The Morgan fingerprint density at radius 1 is 1.10 bits per heavy atom. The first kappa shape index (κ1) is 15.5. The summed E-state index contributed by atoms with van der Waals surface area (Å²) < 4.78 is 0. The van der Waals surface area contributed by atoms with Crippen LogP contribution in [0.2, 0.25) is 5.02 Å². The maximum absolute atomic E-state index is 12.0. The number of amides is 1. The van der Waals surface area contributed by atoms with Crippen LogP contribution in [0.15, 0.2) is 48.5 Å². The molecule has 5 heteroatoms. The number of carbonyl (C=O) groups excluding carboxylic acids is 1. The highest BCUT2D eigenvalue weighted by atomic mass is 35.5. The molecule has 21 heavy (non-hydrogen) atoms. The van der Waals surface area contributed by atoms with E-state index in [-0.39, 0.29) is 0 Å². The molecule has 3 N–H and O–H groups in total. The van der Waals surface area contributed by atoms with E-state index in [0.717, 1.165) is 5.56 Å². The van der Waals surface area contributed by atoms with Gasteiger partial charge in [-0.1, -0.05) is 35.9 Å². The first-order chi connectivity index (χ1) is 9.99. The molecule has 0 fully saturated rings. The molecule has 2 rings (SSSR count). The summed E-state index contributed by atoms with van der Waals surface area (Å²) in [6, 6.07) is 13.5. The van der Waals surface area contributed by atoms with E-state index in [1.54, 1.807) is 36.4 Å². The fourth-order valence-electron chi connectivity index (χ4n) is 1.98. The van der Waals surface area contributed by atoms with Gasteiger partial charge in [0.25, 0.3) is 5.91 Å². The highest BCUT2D eigenvalue weighted by Gasteiger charge is 2.26. The van der Waals surface area contributed by atoms with Gasteiger partial charge in [-0.05, 0) is 42.3 Å². The summed E-state index contributed by atoms with van der Waals surface area (Å²) in [7, 11) is 0. The third-order valence-corrected chi connectivity index (χ3v) is 3.44. The van der Waals surface area contributed by atoms with Gasteiger partial charge >= 0.3 is 0 Å². The lowest BCUT2D eigenvalue weighted by Crippen LogP contribution is -2.33. The standard InChI is InChI=1S/C16H16ClNO3/c1-10-4-2-3-5-13(10)14(19)15(20)16(21)18-12-8-6-11(17)7-9-12/h2-9,14-15,19-20H,1H3,(H,18,21). The average Bonchev–Trinajstić information content (AvgIpc) is 2.48. The van der Waals surface area contributed by atoms with E-state index >= 15 is 0 Å². The Kier molecular flexibility index (Phi) is 4.96. The van der Waals surface area contributed by atoms with Crippen LogP contribution < -0.4 is 5.32 Å². The lowest BCUT2D eigenvalue weighted by atomic mass is 9.99. The molecule has 0 aliphatic heterocycles. The molecule has 0 aromatic heterocycles. The molecule has 0 saturated carbocycles. The fraction of sp³-hybridized carbons (Fsp3) is 0.188. The SMILES string of the molecule is Cc1ccccc1C(O)C(O)C(=O)Nc1ccc(Cl)cc1. The molecule has 0 radical (unpaired) electrons. The van der Waals surface area contributed by atoms with Crippen molar-refractivity contribution in [1.29, 1.82) is 0 Å². The average molecular weight is 306 g/mol. The van der Waals surface area contributed by atoms with E-state index in [9.17, 15) is 15.0 Å². The van der Waals surface area contributed by atoms with Crippen LogP contribution in [0, 0.1) is 6.92 Å². The van der Waals surface area contributed by atoms with Crippen molar-refractivity contribution in [3.8, 4) is 0 Å². The highest BCUT2D eigenvalue weighted by Crippen LogP contribution is 2.22. The second-order valence-corrected chi connectivity index (χ2v) is 5.18. The van der Waals surface area contributed by atoms with Gasteiger partial charge < -0.3 is 15.5 Å². The molecule has 2 unspecified atom stereocenters. The molecule has 2 aromatic rings. The van der Waals surface area contributed by atoms with Gasteiger partial charge in [-0.3, -0.25) is 4.79 Å². The van der Waals surface area contributed by atoms with Crippen molar-refractivity contribution in [3.05, 3.63) is 64.7 Å². The summed E-state index contributed by atoms with van der Waals surface area (Å²) in [6.07, 6.45) is -2.83. The number of halogens is 1. The first-order valence-electron chi connectivity index (χ1n) is 6.47. The quantitative estimate of drug-likeness (QED) is 0.813. The molecule has 0 saturated heterocycles. The van der Waals surface area contributed by atoms with Crippen LogP contribution in [0.25, 0.3) is 0 Å². The number of benzene rings is 2. The van der Waals surface area contributed by atoms with Gasteiger partial charge in [0.05, 0.1) is 0 Å². The zero-order valence-corrected chi connectivity index (χ0v) is 12.2. The van der Waals surface area contributed by atoms with Crippen LogP contribution in [0.1, 0.15) is 17.2 Å². The van der Waals surface area contributed by atoms with Crippen molar-refractivity contribution in [3.63, 3.8) is 0 Å². The van der Waals surface area contributed by atoms with Crippen LogP contribution in [-0.4, -0.2) is 22.2 Å². The highest BCUT2D eigenvalue weighted by molar-refractivity contribution is 6.30. The smallest absolute Gasteiger partial charge is 0.256 e. The number of aliphatic hydroxyl groups is 2. The second-order valence-electron chi connectivity index (χ2n) is 4.74. The molecule has 0 spiro atoms. The number of anilines is 1. The number of aliphatic hydroxyl groups excluding tert-OH is 2. The lowest BCUT2D eigenvalue weighted by molar-refractivity contribution is -0.129. The van der Waals surface area contributed by atoms with Crippen molar-refractivity contribution in [2.45, 2.75) is 19.1 Å². The summed E-state index contributed by atoms with van der Waals surface area (Å²) in [5.41, 5.74) is 1.83. The summed E-state index contributed by atoms with van der Waals surface area (Å²) in [6.45, 7) is 1.81. The molecule has 0 aliphatic rings. The lowest BCUT2D eigenvalue weighted by Gasteiger charge is -2.19. The number of nitrogens with one attached hydrogen (secondary N) is 1. The van der Waals surface area contributed by atoms with Crippen LogP contribution in [0.5, 0.6) is 0 Å². The van der Waals surface area contributed by atoms with Crippen molar-refractivity contribution in [2.24, 2.45) is 0 Å². The molecule has 0 bridgehead atoms. The Morgan fingerprint density at radius 2 is 1.71 bits per heavy atom. The number of hydrogen-bond donors (Lipinski definition) is 3. The van der Waals surface area contributed by atoms with Crippen LogP contribution in [0.3, 0.4) is 0 Å². The zero-order chi connectivity index (χ0) is 15.4. The number of carbonyl (C=O) groups is 1. The van der Waals surface area contributed by atoms with Crippen molar-refractivity contribution < 1.29 is 15.0 Å². The third kappa shape index (κ3) is 3.82. The molecule has 0 aliphatic carbocycles. The Labute approximate surface area is 128 Å². The molecule has 110 valence electrons. The van der Waals surface area contributed by atoms with Gasteiger partial charge in [0, 0.05) is 10.7 Å². The topological polar surface area (TPSA) is 69.6 Å². The molecular weight excluding hydrogens is 290 g/mol. The van der Waals surface area contributed by atoms with Crippen molar-refractivity contribution >= 4 is 23.2 Å². The van der Waals surface area contributed by atoms with Gasteiger partial charge in [0.15, 0.2) is 6.10 Å². The van der Waals surface area contributed by atoms with Gasteiger partial charge in [0.2, 0.25) is 0 Å². The summed E-state index contributed by atoms with van der Waals surface area (Å²) in [5, 5.41) is 23.2. The molecule has 1 amide bonds. The molecule has 2 atom stereocenters. The predicted octanol–water partition coefficient (Wildman–Crippen LogP) is 2.68. The largest absolute Gasteiger partial charge is 0.385 e. The van der Waals surface area contributed by atoms with Crippen LogP contribution >= 0.6 is 11.6 Å². The molecular formula is C16H16ClNO3. The maximum Gasteiger partial charge on any atom is 0.256 e.